The predicted octanol–water partition coefficient (Wildman–Crippen LogP) is 4.64. The van der Waals surface area contributed by atoms with Gasteiger partial charge in [0.05, 0.1) is 24.1 Å². The Morgan fingerprint density at radius 2 is 1.50 bits per heavy atom. The first-order valence-corrected chi connectivity index (χ1v) is 17.1. The van der Waals surface area contributed by atoms with Crippen LogP contribution in [0.5, 0.6) is 0 Å². The number of pyridine rings is 1. The van der Waals surface area contributed by atoms with Gasteiger partial charge in [-0.15, -0.1) is 0 Å². The van der Waals surface area contributed by atoms with E-state index >= 15 is 4.39 Å². The number of anilines is 1. The number of hydrogen-bond donors (Lipinski definition) is 2. The minimum Gasteiger partial charge on any atom is -0.451 e. The summed E-state index contributed by atoms with van der Waals surface area (Å²) >= 11 is 0. The molecule has 0 bridgehead atoms. The molecule has 4 heterocycles. The van der Waals surface area contributed by atoms with Gasteiger partial charge in [0.1, 0.15) is 16.8 Å². The minimum atomic E-state index is -0.738. The number of hydrogen-bond acceptors (Lipinski definition) is 9. The zero-order valence-corrected chi connectivity index (χ0v) is 28.9. The second-order valence-electron chi connectivity index (χ2n) is 12.5. The van der Waals surface area contributed by atoms with E-state index in [-0.39, 0.29) is 66.9 Å². The van der Waals surface area contributed by atoms with Crippen molar-refractivity contribution in [3.63, 3.8) is 0 Å². The Labute approximate surface area is 287 Å². The molecule has 0 spiro atoms. The summed E-state index contributed by atoms with van der Waals surface area (Å²) < 4.78 is 27.8. The lowest BCUT2D eigenvalue weighted by Crippen LogP contribution is -2.35. The van der Waals surface area contributed by atoms with E-state index in [0.29, 0.717) is 10.9 Å². The highest BCUT2D eigenvalue weighted by molar-refractivity contribution is 6.08. The number of likely N-dealkylation sites (N-methyl/N-ethyl adjacent to an activating group) is 1. The Kier molecular flexibility index (Phi) is 10.4. The molecule has 1 amide bonds. The SMILES string of the molecule is CCN1CCOCC1.CCNC(=O)c1cn2c3cc4c(=O)c5ccccc5c(=O)c4cc3oc3c(NC)c(F)cc(c1=O)c32.CN1CCCC1. The van der Waals surface area contributed by atoms with Crippen molar-refractivity contribution in [2.45, 2.75) is 26.7 Å². The number of nitrogens with zero attached hydrogens (tertiary/aromatic N) is 3. The van der Waals surface area contributed by atoms with Crippen molar-refractivity contribution in [3.8, 4) is 0 Å². The quantitative estimate of drug-likeness (QED) is 0.202. The Bertz CT molecular complexity index is 2380. The number of benzene rings is 4. The maximum atomic E-state index is 15.0. The molecule has 12 heteroatoms. The summed E-state index contributed by atoms with van der Waals surface area (Å²) in [6.07, 6.45) is 4.18. The van der Waals surface area contributed by atoms with Crippen LogP contribution in [0.4, 0.5) is 10.1 Å². The minimum absolute atomic E-state index is 0.0116. The van der Waals surface area contributed by atoms with Crippen LogP contribution in [-0.2, 0) is 4.74 Å². The Hall–Kier alpha value is -4.91. The van der Waals surface area contributed by atoms with Gasteiger partial charge in [0, 0.05) is 54.4 Å². The van der Waals surface area contributed by atoms with Crippen LogP contribution in [0.3, 0.4) is 0 Å². The highest BCUT2D eigenvalue weighted by Gasteiger charge is 2.23. The van der Waals surface area contributed by atoms with Crippen molar-refractivity contribution >= 4 is 60.7 Å². The highest BCUT2D eigenvalue weighted by atomic mass is 19.1. The van der Waals surface area contributed by atoms with Gasteiger partial charge in [-0.2, -0.15) is 0 Å². The molecule has 8 rings (SSSR count). The Morgan fingerprint density at radius 1 is 0.860 bits per heavy atom. The molecule has 0 radical (unpaired) electrons. The molecule has 2 fully saturated rings. The molecule has 0 saturated carbocycles. The molecule has 2 aliphatic rings. The van der Waals surface area contributed by atoms with Crippen LogP contribution in [0.1, 0.15) is 37.0 Å². The molecule has 0 unspecified atom stereocenters. The van der Waals surface area contributed by atoms with Gasteiger partial charge in [0.15, 0.2) is 27.8 Å². The van der Waals surface area contributed by atoms with Crippen LogP contribution in [0, 0.1) is 5.82 Å². The maximum Gasteiger partial charge on any atom is 0.256 e. The van der Waals surface area contributed by atoms with E-state index in [4.69, 9.17) is 9.15 Å². The molecule has 2 N–H and O–H groups in total. The molecule has 4 aromatic carbocycles. The monoisotopic (exact) mass is 683 g/mol. The average molecular weight is 684 g/mol. The number of fused-ring (bicyclic) bond motifs is 4. The number of carbonyl (C=O) groups is 1. The van der Waals surface area contributed by atoms with Gasteiger partial charge in [0.2, 0.25) is 5.43 Å². The van der Waals surface area contributed by atoms with Crippen LogP contribution >= 0.6 is 0 Å². The average Bonchev–Trinajstić information content (AvgIpc) is 3.62. The first kappa shape index (κ1) is 34.9. The fraction of sp³-hybridized carbons (Fsp3) is 0.368. The largest absolute Gasteiger partial charge is 0.451 e. The van der Waals surface area contributed by atoms with Crippen LogP contribution in [0.25, 0.3) is 49.1 Å². The summed E-state index contributed by atoms with van der Waals surface area (Å²) in [5.41, 5.74) is -0.705. The lowest BCUT2D eigenvalue weighted by Gasteiger charge is -2.24. The fourth-order valence-electron chi connectivity index (χ4n) is 6.65. The van der Waals surface area contributed by atoms with Crippen LogP contribution in [0.2, 0.25) is 0 Å². The molecular weight excluding hydrogens is 641 g/mol. The molecule has 2 saturated heterocycles. The number of amides is 1. The molecule has 2 aromatic heterocycles. The molecule has 11 nitrogen and oxygen atoms in total. The van der Waals surface area contributed by atoms with Crippen molar-refractivity contribution in [1.29, 1.82) is 0 Å². The van der Waals surface area contributed by atoms with Gasteiger partial charge >= 0.3 is 0 Å². The smallest absolute Gasteiger partial charge is 0.256 e. The van der Waals surface area contributed by atoms with E-state index in [1.807, 2.05) is 0 Å². The van der Waals surface area contributed by atoms with Crippen molar-refractivity contribution in [1.82, 2.24) is 19.5 Å². The third-order valence-electron chi connectivity index (χ3n) is 9.38. The standard InChI is InChI=1S/C27H18FN3O5.C6H13NO.C5H11N/c1-3-30-27(35)17-11-31-19-9-14-15(24(33)13-7-5-4-6-12(13)23(14)32)10-20(19)36-26-21(29-2)18(28)8-16(22(26)31)25(17)34;1-2-7-3-5-8-6-4-7;1-6-4-2-3-5-6/h4-11,29H,3H2,1-2H3,(H,30,35);2-6H2,1H3;2-5H2,1H3. The number of morpholine rings is 1. The van der Waals surface area contributed by atoms with Crippen molar-refractivity contribution in [2.75, 3.05) is 71.9 Å². The number of halogens is 1. The lowest BCUT2D eigenvalue weighted by molar-refractivity contribution is 0.0405. The van der Waals surface area contributed by atoms with E-state index < -0.39 is 17.2 Å². The second-order valence-corrected chi connectivity index (χ2v) is 12.5. The van der Waals surface area contributed by atoms with Gasteiger partial charge in [-0.25, -0.2) is 4.39 Å². The predicted molar refractivity (Wildman–Crippen MR) is 197 cm³/mol. The first-order valence-electron chi connectivity index (χ1n) is 17.1. The van der Waals surface area contributed by atoms with Gasteiger partial charge < -0.3 is 29.1 Å². The fourth-order valence-corrected chi connectivity index (χ4v) is 6.65. The molecule has 0 aliphatic carbocycles. The number of rotatable bonds is 4. The maximum absolute atomic E-state index is 15.0. The Morgan fingerprint density at radius 3 is 2.04 bits per heavy atom. The summed E-state index contributed by atoms with van der Waals surface area (Å²) in [4.78, 5) is 57.2. The van der Waals surface area contributed by atoms with E-state index in [9.17, 15) is 19.2 Å². The van der Waals surface area contributed by atoms with E-state index in [1.54, 1.807) is 31.2 Å². The summed E-state index contributed by atoms with van der Waals surface area (Å²) in [5.74, 6) is -1.35. The van der Waals surface area contributed by atoms with Crippen molar-refractivity contribution < 1.29 is 18.3 Å². The molecule has 50 heavy (non-hydrogen) atoms. The molecule has 2 aliphatic heterocycles. The molecular formula is C38H42FN5O6. The topological polar surface area (TPSA) is 126 Å². The summed E-state index contributed by atoms with van der Waals surface area (Å²) in [6, 6.07) is 10.6. The van der Waals surface area contributed by atoms with Gasteiger partial charge in [-0.05, 0) is 64.6 Å². The molecule has 262 valence electrons. The van der Waals surface area contributed by atoms with E-state index in [2.05, 4.69) is 34.4 Å². The number of ether oxygens (including phenoxy) is 1. The molecule has 0 atom stereocenters. The van der Waals surface area contributed by atoms with Gasteiger partial charge in [-0.3, -0.25) is 24.1 Å². The zero-order chi connectivity index (χ0) is 35.5. The lowest BCUT2D eigenvalue weighted by atomic mass is 10.0. The normalized spacial score (nSPS) is 15.3. The Balaban J connectivity index is 0.000000256. The van der Waals surface area contributed by atoms with Gasteiger partial charge in [0.25, 0.3) is 5.91 Å². The van der Waals surface area contributed by atoms with E-state index in [1.165, 1.54) is 62.3 Å². The first-order chi connectivity index (χ1) is 24.2. The number of likely N-dealkylation sites (tertiary alicyclic amines) is 1. The van der Waals surface area contributed by atoms with Crippen LogP contribution in [-0.4, -0.2) is 86.7 Å². The van der Waals surface area contributed by atoms with Crippen LogP contribution < -0.4 is 26.9 Å². The highest BCUT2D eigenvalue weighted by Crippen LogP contribution is 2.34. The summed E-state index contributed by atoms with van der Waals surface area (Å²) in [7, 11) is 3.68. The number of nitrogens with one attached hydrogen (secondary N) is 2. The van der Waals surface area contributed by atoms with E-state index in [0.717, 1.165) is 32.4 Å². The third-order valence-corrected chi connectivity index (χ3v) is 9.38. The zero-order valence-electron chi connectivity index (χ0n) is 28.9. The number of aromatic nitrogens is 1. The number of carbonyl (C=O) groups excluding carboxylic acids is 1. The summed E-state index contributed by atoms with van der Waals surface area (Å²) in [5, 5.41) is 6.21. The second kappa shape index (κ2) is 14.9. The van der Waals surface area contributed by atoms with Crippen molar-refractivity contribution in [3.05, 3.63) is 90.7 Å². The molecule has 6 aromatic rings. The van der Waals surface area contributed by atoms with Gasteiger partial charge in [-0.1, -0.05) is 31.2 Å². The third kappa shape index (κ3) is 6.53. The van der Waals surface area contributed by atoms with Crippen molar-refractivity contribution in [2.24, 2.45) is 0 Å². The van der Waals surface area contributed by atoms with Crippen LogP contribution in [0.15, 0.2) is 67.5 Å². The summed E-state index contributed by atoms with van der Waals surface area (Å²) in [6.45, 7) is 12.1.